The molecule has 1 saturated heterocycles. The molecule has 0 bridgehead atoms. The van der Waals surface area contributed by atoms with Crippen LogP contribution in [-0.4, -0.2) is 40.0 Å². The minimum Gasteiger partial charge on any atom is -0.380 e. The van der Waals surface area contributed by atoms with Crippen LogP contribution in [0.1, 0.15) is 44.1 Å². The highest BCUT2D eigenvalue weighted by Crippen LogP contribution is 2.30. The summed E-state index contributed by atoms with van der Waals surface area (Å²) in [6.45, 7) is 1.28. The van der Waals surface area contributed by atoms with Crippen molar-refractivity contribution in [2.45, 2.75) is 56.7 Å². The van der Waals surface area contributed by atoms with E-state index < -0.39 is 11.6 Å². The fraction of sp³-hybridized carbons (Fsp3) is 0.556. The number of hydrogen-bond donors (Lipinski definition) is 2. The molecule has 2 N–H and O–H groups in total. The van der Waals surface area contributed by atoms with Crippen LogP contribution >= 0.6 is 0 Å². The Balaban J connectivity index is 1.62. The molecular formula is C18H24N2O3. The third-order valence-electron chi connectivity index (χ3n) is 4.91. The molecule has 0 radical (unpaired) electrons. The molecule has 0 spiro atoms. The average Bonchev–Trinajstić information content (AvgIpc) is 3.00. The number of benzene rings is 1. The van der Waals surface area contributed by atoms with Gasteiger partial charge in [0.25, 0.3) is 5.91 Å². The summed E-state index contributed by atoms with van der Waals surface area (Å²) in [4.78, 5) is 26.7. The van der Waals surface area contributed by atoms with E-state index in [0.29, 0.717) is 32.4 Å². The molecular weight excluding hydrogens is 292 g/mol. The van der Waals surface area contributed by atoms with Crippen molar-refractivity contribution in [1.29, 1.82) is 0 Å². The van der Waals surface area contributed by atoms with E-state index in [1.807, 2.05) is 30.3 Å². The number of nitrogens with one attached hydrogen (secondary N) is 1. The second-order valence-corrected chi connectivity index (χ2v) is 6.65. The molecule has 2 amide bonds. The number of piperidine rings is 1. The van der Waals surface area contributed by atoms with Crippen molar-refractivity contribution in [3.05, 3.63) is 35.9 Å². The zero-order chi connectivity index (χ0) is 16.3. The van der Waals surface area contributed by atoms with E-state index in [4.69, 9.17) is 0 Å². The lowest BCUT2D eigenvalue weighted by molar-refractivity contribution is -0.146. The lowest BCUT2D eigenvalue weighted by Crippen LogP contribution is -2.56. The number of carbonyl (C=O) groups excluding carboxylic acids is 2. The molecule has 2 aliphatic rings. The largest absolute Gasteiger partial charge is 0.380 e. The number of rotatable bonds is 4. The van der Waals surface area contributed by atoms with E-state index >= 15 is 0 Å². The molecule has 1 atom stereocenters. The predicted molar refractivity (Wildman–Crippen MR) is 86.4 cm³/mol. The Kier molecular flexibility index (Phi) is 4.66. The van der Waals surface area contributed by atoms with Gasteiger partial charge in [0.1, 0.15) is 11.6 Å². The normalized spacial score (nSPS) is 23.8. The van der Waals surface area contributed by atoms with Gasteiger partial charge in [-0.2, -0.15) is 0 Å². The second kappa shape index (κ2) is 6.71. The SMILES string of the molecule is O=C1C(NC(=O)C2(O)CCCC2)CCCN1Cc1ccccc1. The van der Waals surface area contributed by atoms with Gasteiger partial charge in [-0.1, -0.05) is 30.3 Å². The quantitative estimate of drug-likeness (QED) is 0.886. The van der Waals surface area contributed by atoms with Gasteiger partial charge in [0, 0.05) is 13.1 Å². The van der Waals surface area contributed by atoms with Crippen LogP contribution in [0.15, 0.2) is 30.3 Å². The number of likely N-dealkylation sites (tertiary alicyclic amines) is 1. The molecule has 5 nitrogen and oxygen atoms in total. The first-order chi connectivity index (χ1) is 11.1. The Hall–Kier alpha value is -1.88. The molecule has 2 fully saturated rings. The van der Waals surface area contributed by atoms with Gasteiger partial charge in [0.15, 0.2) is 0 Å². The topological polar surface area (TPSA) is 69.6 Å². The molecule has 23 heavy (non-hydrogen) atoms. The first-order valence-electron chi connectivity index (χ1n) is 8.44. The molecule has 0 aromatic heterocycles. The smallest absolute Gasteiger partial charge is 0.252 e. The zero-order valence-corrected chi connectivity index (χ0v) is 13.3. The minimum absolute atomic E-state index is 0.0463. The molecule has 1 saturated carbocycles. The van der Waals surface area contributed by atoms with E-state index in [-0.39, 0.29) is 11.8 Å². The van der Waals surface area contributed by atoms with Gasteiger partial charge in [0.05, 0.1) is 0 Å². The van der Waals surface area contributed by atoms with Gasteiger partial charge in [-0.3, -0.25) is 9.59 Å². The summed E-state index contributed by atoms with van der Waals surface area (Å²) in [5, 5.41) is 13.1. The molecule has 1 aliphatic heterocycles. The van der Waals surface area contributed by atoms with Crippen LogP contribution < -0.4 is 5.32 Å². The lowest BCUT2D eigenvalue weighted by Gasteiger charge is -2.34. The van der Waals surface area contributed by atoms with Crippen molar-refractivity contribution in [2.75, 3.05) is 6.54 Å². The fourth-order valence-electron chi connectivity index (χ4n) is 3.51. The van der Waals surface area contributed by atoms with Crippen molar-refractivity contribution in [3.63, 3.8) is 0 Å². The molecule has 1 aromatic rings. The highest BCUT2D eigenvalue weighted by Gasteiger charge is 2.41. The van der Waals surface area contributed by atoms with Crippen molar-refractivity contribution in [2.24, 2.45) is 0 Å². The Morgan fingerprint density at radius 3 is 2.61 bits per heavy atom. The number of amides is 2. The first-order valence-corrected chi connectivity index (χ1v) is 8.44. The van der Waals surface area contributed by atoms with E-state index in [2.05, 4.69) is 5.32 Å². The standard InChI is InChI=1S/C18H24N2O3/c21-16-15(19-17(22)18(23)10-4-5-11-18)9-6-12-20(16)13-14-7-2-1-3-8-14/h1-3,7-8,15,23H,4-6,9-13H2,(H,19,22). The van der Waals surface area contributed by atoms with Gasteiger partial charge in [-0.25, -0.2) is 0 Å². The van der Waals surface area contributed by atoms with E-state index in [1.165, 1.54) is 0 Å². The molecule has 1 heterocycles. The molecule has 1 aromatic carbocycles. The number of hydrogen-bond acceptors (Lipinski definition) is 3. The van der Waals surface area contributed by atoms with Crippen molar-refractivity contribution >= 4 is 11.8 Å². The van der Waals surface area contributed by atoms with E-state index in [1.54, 1.807) is 4.90 Å². The van der Waals surface area contributed by atoms with Crippen LogP contribution in [0.25, 0.3) is 0 Å². The minimum atomic E-state index is -1.28. The van der Waals surface area contributed by atoms with Crippen LogP contribution in [0.5, 0.6) is 0 Å². The van der Waals surface area contributed by atoms with Gasteiger partial charge < -0.3 is 15.3 Å². The highest BCUT2D eigenvalue weighted by atomic mass is 16.3. The molecule has 5 heteroatoms. The van der Waals surface area contributed by atoms with Crippen LogP contribution in [0, 0.1) is 0 Å². The van der Waals surface area contributed by atoms with E-state index in [0.717, 1.165) is 24.8 Å². The maximum Gasteiger partial charge on any atom is 0.252 e. The van der Waals surface area contributed by atoms with Crippen LogP contribution in [0.3, 0.4) is 0 Å². The summed E-state index contributed by atoms with van der Waals surface area (Å²) < 4.78 is 0. The van der Waals surface area contributed by atoms with Crippen LogP contribution in [0.2, 0.25) is 0 Å². The van der Waals surface area contributed by atoms with Crippen LogP contribution in [0.4, 0.5) is 0 Å². The Labute approximate surface area is 136 Å². The lowest BCUT2D eigenvalue weighted by atomic mass is 9.98. The second-order valence-electron chi connectivity index (χ2n) is 6.65. The monoisotopic (exact) mass is 316 g/mol. The van der Waals surface area contributed by atoms with Crippen LogP contribution in [-0.2, 0) is 16.1 Å². The zero-order valence-electron chi connectivity index (χ0n) is 13.3. The van der Waals surface area contributed by atoms with E-state index in [9.17, 15) is 14.7 Å². The number of nitrogens with zero attached hydrogens (tertiary/aromatic N) is 1. The predicted octanol–water partition coefficient (Wildman–Crippen LogP) is 1.60. The summed E-state index contributed by atoms with van der Waals surface area (Å²) in [7, 11) is 0. The summed E-state index contributed by atoms with van der Waals surface area (Å²) in [5.41, 5.74) is -0.190. The third-order valence-corrected chi connectivity index (χ3v) is 4.91. The van der Waals surface area contributed by atoms with Gasteiger partial charge in [-0.05, 0) is 44.1 Å². The summed E-state index contributed by atoms with van der Waals surface area (Å²) in [6.07, 6.45) is 4.22. The Morgan fingerprint density at radius 2 is 1.91 bits per heavy atom. The van der Waals surface area contributed by atoms with Gasteiger partial charge in [-0.15, -0.1) is 0 Å². The first kappa shape index (κ1) is 16.0. The Morgan fingerprint density at radius 1 is 1.22 bits per heavy atom. The highest BCUT2D eigenvalue weighted by molar-refractivity contribution is 5.91. The summed E-state index contributed by atoms with van der Waals surface area (Å²) >= 11 is 0. The number of aliphatic hydroxyl groups is 1. The van der Waals surface area contributed by atoms with Gasteiger partial charge in [0.2, 0.25) is 5.91 Å². The van der Waals surface area contributed by atoms with Gasteiger partial charge >= 0.3 is 0 Å². The number of carbonyl (C=O) groups is 2. The summed E-state index contributed by atoms with van der Waals surface area (Å²) in [5.74, 6) is -0.426. The molecule has 3 rings (SSSR count). The summed E-state index contributed by atoms with van der Waals surface area (Å²) in [6, 6.07) is 9.35. The average molecular weight is 316 g/mol. The van der Waals surface area contributed by atoms with Crippen molar-refractivity contribution in [3.8, 4) is 0 Å². The maximum atomic E-state index is 12.6. The molecule has 124 valence electrons. The van der Waals surface area contributed by atoms with Crippen molar-refractivity contribution in [1.82, 2.24) is 10.2 Å². The fourth-order valence-corrected chi connectivity index (χ4v) is 3.51. The molecule has 1 aliphatic carbocycles. The van der Waals surface area contributed by atoms with Crippen molar-refractivity contribution < 1.29 is 14.7 Å². The Bertz CT molecular complexity index is 567. The molecule has 1 unspecified atom stereocenters. The maximum absolute atomic E-state index is 12.6. The third kappa shape index (κ3) is 3.55.